The molecule has 2 unspecified atom stereocenters. The van der Waals surface area contributed by atoms with Crippen LogP contribution in [-0.2, 0) is 20.8 Å². The summed E-state index contributed by atoms with van der Waals surface area (Å²) in [6, 6.07) is 5.66. The summed E-state index contributed by atoms with van der Waals surface area (Å²) in [4.78, 5) is 37.6. The fraction of sp³-hybridized carbons (Fsp3) is 0.609. The van der Waals surface area contributed by atoms with E-state index in [2.05, 4.69) is 10.6 Å². The molecule has 2 aliphatic heterocycles. The van der Waals surface area contributed by atoms with E-state index in [1.807, 2.05) is 12.1 Å². The number of fused-ring (bicyclic) bond motifs is 1. The topological polar surface area (TPSA) is 119 Å². The zero-order valence-corrected chi connectivity index (χ0v) is 19.1. The third-order valence-electron chi connectivity index (χ3n) is 6.19. The molecular formula is C23H33N3O5S. The number of aliphatic carboxylic acids is 2. The van der Waals surface area contributed by atoms with Crippen LogP contribution < -0.4 is 15.5 Å². The van der Waals surface area contributed by atoms with Gasteiger partial charge in [-0.2, -0.15) is 11.8 Å². The molecule has 1 fully saturated rings. The SMILES string of the molecule is O=C(O)CN1C(=O)C(NC(CSCCCC2CCNCC2)C(=O)O)CCc2ccccc21. The number of carboxylic acid groups (broad SMARTS) is 2. The molecule has 0 saturated carbocycles. The van der Waals surface area contributed by atoms with E-state index in [1.54, 1.807) is 23.9 Å². The summed E-state index contributed by atoms with van der Waals surface area (Å²) in [5, 5.41) is 25.4. The minimum Gasteiger partial charge on any atom is -0.480 e. The number of benzene rings is 1. The van der Waals surface area contributed by atoms with Crippen molar-refractivity contribution in [1.82, 2.24) is 10.6 Å². The Hall–Kier alpha value is -2.10. The maximum Gasteiger partial charge on any atom is 0.323 e. The van der Waals surface area contributed by atoms with Crippen LogP contribution in [0.25, 0.3) is 0 Å². The van der Waals surface area contributed by atoms with Gasteiger partial charge in [0, 0.05) is 11.4 Å². The smallest absolute Gasteiger partial charge is 0.323 e. The van der Waals surface area contributed by atoms with E-state index in [1.165, 1.54) is 24.2 Å². The number of rotatable bonds is 11. The third-order valence-corrected chi connectivity index (χ3v) is 7.33. The van der Waals surface area contributed by atoms with Crippen molar-refractivity contribution in [3.63, 3.8) is 0 Å². The predicted octanol–water partition coefficient (Wildman–Crippen LogP) is 1.97. The first kappa shape index (κ1) is 24.5. The molecule has 3 rings (SSSR count). The fourth-order valence-electron chi connectivity index (χ4n) is 4.45. The maximum atomic E-state index is 13.1. The summed E-state index contributed by atoms with van der Waals surface area (Å²) in [6.45, 7) is 1.72. The van der Waals surface area contributed by atoms with Gasteiger partial charge in [-0.25, -0.2) is 0 Å². The average Bonchev–Trinajstić information content (AvgIpc) is 2.90. The predicted molar refractivity (Wildman–Crippen MR) is 125 cm³/mol. The molecule has 1 aromatic carbocycles. The first-order valence-corrected chi connectivity index (χ1v) is 12.5. The van der Waals surface area contributed by atoms with Crippen LogP contribution in [0.5, 0.6) is 0 Å². The summed E-state index contributed by atoms with van der Waals surface area (Å²) in [5.41, 5.74) is 1.48. The molecule has 0 spiro atoms. The molecule has 2 atom stereocenters. The van der Waals surface area contributed by atoms with Crippen LogP contribution in [0, 0.1) is 5.92 Å². The number of anilines is 1. The molecule has 9 heteroatoms. The van der Waals surface area contributed by atoms with Gasteiger partial charge in [0.1, 0.15) is 12.6 Å². The van der Waals surface area contributed by atoms with E-state index >= 15 is 0 Å². The Morgan fingerprint density at radius 1 is 1.19 bits per heavy atom. The first-order chi connectivity index (χ1) is 15.5. The second kappa shape index (κ2) is 12.2. The van der Waals surface area contributed by atoms with Gasteiger partial charge in [0.2, 0.25) is 5.91 Å². The van der Waals surface area contributed by atoms with Gasteiger partial charge >= 0.3 is 11.9 Å². The molecule has 32 heavy (non-hydrogen) atoms. The highest BCUT2D eigenvalue weighted by atomic mass is 32.2. The third kappa shape index (κ3) is 6.95. The molecule has 4 N–H and O–H groups in total. The molecule has 1 saturated heterocycles. The lowest BCUT2D eigenvalue weighted by Gasteiger charge is -2.26. The van der Waals surface area contributed by atoms with Crippen LogP contribution in [-0.4, -0.2) is 71.3 Å². The molecule has 0 radical (unpaired) electrons. The molecule has 8 nitrogen and oxygen atoms in total. The lowest BCUT2D eigenvalue weighted by molar-refractivity contribution is -0.140. The highest BCUT2D eigenvalue weighted by Gasteiger charge is 2.34. The number of nitrogens with zero attached hydrogens (tertiary/aromatic N) is 1. The van der Waals surface area contributed by atoms with Crippen molar-refractivity contribution in [1.29, 1.82) is 0 Å². The molecule has 1 aromatic rings. The van der Waals surface area contributed by atoms with Crippen molar-refractivity contribution in [3.05, 3.63) is 29.8 Å². The van der Waals surface area contributed by atoms with Gasteiger partial charge in [0.15, 0.2) is 0 Å². The number of hydrogen-bond acceptors (Lipinski definition) is 6. The Balaban J connectivity index is 1.55. The first-order valence-electron chi connectivity index (χ1n) is 11.3. The highest BCUT2D eigenvalue weighted by Crippen LogP contribution is 2.27. The number of carboxylic acids is 2. The second-order valence-corrected chi connectivity index (χ2v) is 9.66. The summed E-state index contributed by atoms with van der Waals surface area (Å²) >= 11 is 1.59. The Morgan fingerprint density at radius 2 is 1.94 bits per heavy atom. The monoisotopic (exact) mass is 463 g/mol. The van der Waals surface area contributed by atoms with Crippen molar-refractivity contribution in [2.75, 3.05) is 36.0 Å². The Morgan fingerprint density at radius 3 is 2.66 bits per heavy atom. The van der Waals surface area contributed by atoms with Gasteiger partial charge in [0.25, 0.3) is 0 Å². The number of hydrogen-bond donors (Lipinski definition) is 4. The van der Waals surface area contributed by atoms with Crippen LogP contribution >= 0.6 is 11.8 Å². The van der Waals surface area contributed by atoms with E-state index in [-0.39, 0.29) is 5.91 Å². The second-order valence-electron chi connectivity index (χ2n) is 8.51. The number of thioether (sulfide) groups is 1. The Kier molecular flexibility index (Phi) is 9.37. The van der Waals surface area contributed by atoms with Crippen molar-refractivity contribution < 1.29 is 24.6 Å². The molecule has 0 aliphatic carbocycles. The van der Waals surface area contributed by atoms with Gasteiger partial charge in [0.05, 0.1) is 6.04 Å². The van der Waals surface area contributed by atoms with Crippen LogP contribution in [0.15, 0.2) is 24.3 Å². The van der Waals surface area contributed by atoms with Crippen LogP contribution in [0.2, 0.25) is 0 Å². The zero-order chi connectivity index (χ0) is 22.9. The number of piperidine rings is 1. The summed E-state index contributed by atoms with van der Waals surface area (Å²) < 4.78 is 0. The van der Waals surface area contributed by atoms with E-state index in [0.29, 0.717) is 24.3 Å². The molecule has 0 aromatic heterocycles. The lowest BCUT2D eigenvalue weighted by Crippen LogP contribution is -2.53. The standard InChI is InChI=1S/C23H33N3O5S/c27-21(28)14-26-20-6-2-1-5-17(20)7-8-18(22(26)29)25-19(23(30)31)15-32-13-3-4-16-9-11-24-12-10-16/h1-2,5-6,16,18-19,24-25H,3-4,7-15H2,(H,27,28)(H,30,31). The zero-order valence-electron chi connectivity index (χ0n) is 18.3. The quantitative estimate of drug-likeness (QED) is 0.368. The number of nitrogens with one attached hydrogen (secondary N) is 2. The number of carbonyl (C=O) groups excluding carboxylic acids is 1. The van der Waals surface area contributed by atoms with Gasteiger partial charge in [-0.3, -0.25) is 24.6 Å². The molecule has 2 aliphatic rings. The fourth-order valence-corrected chi connectivity index (χ4v) is 5.46. The molecule has 0 bridgehead atoms. The van der Waals surface area contributed by atoms with Gasteiger partial charge in [-0.05, 0) is 74.9 Å². The van der Waals surface area contributed by atoms with Crippen LogP contribution in [0.1, 0.15) is 37.7 Å². The van der Waals surface area contributed by atoms with E-state index in [4.69, 9.17) is 0 Å². The molecule has 2 heterocycles. The van der Waals surface area contributed by atoms with E-state index in [9.17, 15) is 24.6 Å². The van der Waals surface area contributed by atoms with Crippen molar-refractivity contribution in [2.24, 2.45) is 5.92 Å². The minimum atomic E-state index is -1.10. The summed E-state index contributed by atoms with van der Waals surface area (Å²) in [5.74, 6) is -0.458. The highest BCUT2D eigenvalue weighted by molar-refractivity contribution is 7.99. The van der Waals surface area contributed by atoms with Crippen LogP contribution in [0.3, 0.4) is 0 Å². The van der Waals surface area contributed by atoms with E-state index < -0.39 is 30.6 Å². The van der Waals surface area contributed by atoms with Crippen molar-refractivity contribution >= 4 is 35.3 Å². The summed E-state index contributed by atoms with van der Waals surface area (Å²) in [7, 11) is 0. The summed E-state index contributed by atoms with van der Waals surface area (Å²) in [6.07, 6.45) is 5.66. The normalized spacial score (nSPS) is 20.4. The lowest BCUT2D eigenvalue weighted by atomic mass is 9.94. The van der Waals surface area contributed by atoms with Crippen molar-refractivity contribution in [3.8, 4) is 0 Å². The Bertz CT molecular complexity index is 800. The van der Waals surface area contributed by atoms with Crippen LogP contribution in [0.4, 0.5) is 5.69 Å². The number of amides is 1. The van der Waals surface area contributed by atoms with Crippen molar-refractivity contribution in [2.45, 2.75) is 50.6 Å². The minimum absolute atomic E-state index is 0.372. The largest absolute Gasteiger partial charge is 0.480 e. The number of carbonyl (C=O) groups is 3. The Labute approximate surface area is 193 Å². The molecule has 1 amide bonds. The maximum absolute atomic E-state index is 13.1. The van der Waals surface area contributed by atoms with Gasteiger partial charge in [-0.15, -0.1) is 0 Å². The van der Waals surface area contributed by atoms with Gasteiger partial charge in [-0.1, -0.05) is 18.2 Å². The van der Waals surface area contributed by atoms with Gasteiger partial charge < -0.3 is 15.5 Å². The number of para-hydroxylation sites is 1. The average molecular weight is 464 g/mol. The molecular weight excluding hydrogens is 430 g/mol. The molecule has 176 valence electrons. The number of aryl methyl sites for hydroxylation is 1. The van der Waals surface area contributed by atoms with E-state index in [0.717, 1.165) is 36.7 Å².